The van der Waals surface area contributed by atoms with Gasteiger partial charge < -0.3 is 9.57 Å². The smallest absolute Gasteiger partial charge is 0.332 e. The highest BCUT2D eigenvalue weighted by atomic mass is 32.2. The number of ketones is 1. The van der Waals surface area contributed by atoms with E-state index < -0.39 is 11.8 Å². The number of nitrogens with zero attached hydrogens (tertiary/aromatic N) is 2. The van der Waals surface area contributed by atoms with E-state index >= 15 is 0 Å². The van der Waals surface area contributed by atoms with Crippen molar-refractivity contribution in [3.05, 3.63) is 135 Å². The number of nitroso groups, excluding NO2 is 1. The second-order valence-electron chi connectivity index (χ2n) is 10.1. The van der Waals surface area contributed by atoms with Crippen molar-refractivity contribution in [2.45, 2.75) is 42.8 Å². The molecule has 0 amide bonds. The highest BCUT2D eigenvalue weighted by Crippen LogP contribution is 2.51. The van der Waals surface area contributed by atoms with E-state index in [2.05, 4.69) is 34.5 Å². The van der Waals surface area contributed by atoms with Crippen molar-refractivity contribution >= 4 is 41.0 Å². The third-order valence-corrected chi connectivity index (χ3v) is 8.04. The Balaban J connectivity index is 1.27. The second kappa shape index (κ2) is 13.5. The van der Waals surface area contributed by atoms with Crippen molar-refractivity contribution in [1.82, 2.24) is 0 Å². The number of terminal acetylenes is 1. The summed E-state index contributed by atoms with van der Waals surface area (Å²) in [5.74, 6) is 1.64. The van der Waals surface area contributed by atoms with Crippen LogP contribution in [0.2, 0.25) is 0 Å². The molecule has 0 aromatic heterocycles. The summed E-state index contributed by atoms with van der Waals surface area (Å²) in [6.45, 7) is 4.92. The molecule has 5 rings (SSSR count). The molecule has 0 radical (unpaired) electrons. The van der Waals surface area contributed by atoms with E-state index in [1.165, 1.54) is 19.1 Å². The van der Waals surface area contributed by atoms with Gasteiger partial charge in [-0.05, 0) is 95.9 Å². The van der Waals surface area contributed by atoms with Gasteiger partial charge in [-0.15, -0.1) is 11.3 Å². The number of aryl methyl sites for hydroxylation is 1. The van der Waals surface area contributed by atoms with E-state index in [4.69, 9.17) is 16.0 Å². The molecule has 0 N–H and O–H groups in total. The first kappa shape index (κ1) is 30.4. The SMILES string of the molecule is C#Cc1cc(C2OC2c2ccc(Sc3ccc(C(=O)/C(=N\OC(C)=O)c4cc(N=O)ccc4C)cc3)cc2)ccc1/C=C\C. The molecule has 0 aliphatic carbocycles. The number of epoxide rings is 1. The molecule has 1 aliphatic heterocycles. The Morgan fingerprint density at radius 1 is 0.932 bits per heavy atom. The molecule has 8 heteroatoms. The van der Waals surface area contributed by atoms with Gasteiger partial charge in [0.15, 0.2) is 5.71 Å². The van der Waals surface area contributed by atoms with Crippen LogP contribution >= 0.6 is 11.8 Å². The average molecular weight is 601 g/mol. The minimum atomic E-state index is -0.670. The summed E-state index contributed by atoms with van der Waals surface area (Å²) in [7, 11) is 0. The zero-order valence-corrected chi connectivity index (χ0v) is 25.1. The van der Waals surface area contributed by atoms with Crippen LogP contribution in [0.3, 0.4) is 0 Å². The van der Waals surface area contributed by atoms with Crippen molar-refractivity contribution in [3.8, 4) is 12.3 Å². The molecule has 7 nitrogen and oxygen atoms in total. The van der Waals surface area contributed by atoms with Gasteiger partial charge in [-0.1, -0.05) is 65.3 Å². The summed E-state index contributed by atoms with van der Waals surface area (Å²) in [5.41, 5.74) is 5.44. The van der Waals surface area contributed by atoms with Crippen LogP contribution in [0, 0.1) is 24.2 Å². The number of carbonyl (C=O) groups is 2. The summed E-state index contributed by atoms with van der Waals surface area (Å²) in [6, 6.07) is 26.0. The molecule has 1 heterocycles. The number of benzene rings is 4. The average Bonchev–Trinajstić information content (AvgIpc) is 3.84. The topological polar surface area (TPSA) is 97.7 Å². The lowest BCUT2D eigenvalue weighted by Crippen LogP contribution is -2.18. The van der Waals surface area contributed by atoms with E-state index in [9.17, 15) is 14.5 Å². The Labute approximate surface area is 260 Å². The third-order valence-electron chi connectivity index (χ3n) is 7.02. The molecule has 2 unspecified atom stereocenters. The molecule has 1 saturated heterocycles. The molecule has 1 fully saturated rings. The van der Waals surface area contributed by atoms with Gasteiger partial charge in [0.1, 0.15) is 17.9 Å². The molecule has 4 aromatic rings. The minimum Gasteiger partial charge on any atom is -0.359 e. The van der Waals surface area contributed by atoms with Crippen molar-refractivity contribution < 1.29 is 19.2 Å². The predicted molar refractivity (Wildman–Crippen MR) is 172 cm³/mol. The number of oxime groups is 1. The molecule has 0 bridgehead atoms. The Morgan fingerprint density at radius 2 is 1.59 bits per heavy atom. The van der Waals surface area contributed by atoms with Crippen molar-refractivity contribution in [1.29, 1.82) is 0 Å². The first-order chi connectivity index (χ1) is 21.3. The Bertz CT molecular complexity index is 1840. The van der Waals surface area contributed by atoms with Crippen LogP contribution in [-0.4, -0.2) is 17.5 Å². The van der Waals surface area contributed by atoms with Crippen LogP contribution in [-0.2, 0) is 14.4 Å². The Kier molecular flexibility index (Phi) is 9.29. The number of hydrogen-bond donors (Lipinski definition) is 0. The van der Waals surface area contributed by atoms with Gasteiger partial charge in [0, 0.05) is 33.4 Å². The predicted octanol–water partition coefficient (Wildman–Crippen LogP) is 8.52. The number of hydrogen-bond acceptors (Lipinski definition) is 8. The van der Waals surface area contributed by atoms with Crippen LogP contribution in [0.25, 0.3) is 6.08 Å². The fourth-order valence-electron chi connectivity index (χ4n) is 4.74. The maximum Gasteiger partial charge on any atom is 0.332 e. The van der Waals surface area contributed by atoms with E-state index in [0.29, 0.717) is 16.7 Å². The molecule has 4 aromatic carbocycles. The first-order valence-corrected chi connectivity index (χ1v) is 14.6. The normalized spacial score (nSPS) is 15.9. The zero-order valence-electron chi connectivity index (χ0n) is 24.3. The van der Waals surface area contributed by atoms with Crippen LogP contribution in [0.15, 0.2) is 111 Å². The van der Waals surface area contributed by atoms with E-state index in [-0.39, 0.29) is 23.6 Å². The number of allylic oxidation sites excluding steroid dienone is 1. The molecule has 218 valence electrons. The summed E-state index contributed by atoms with van der Waals surface area (Å²) in [4.78, 5) is 42.7. The molecule has 2 atom stereocenters. The van der Waals surface area contributed by atoms with Crippen LogP contribution < -0.4 is 0 Å². The Hall–Kier alpha value is -5.10. The van der Waals surface area contributed by atoms with Crippen molar-refractivity contribution in [3.63, 3.8) is 0 Å². The fraction of sp³-hybridized carbons (Fsp3) is 0.139. The number of carbonyl (C=O) groups excluding carboxylic acids is 2. The summed E-state index contributed by atoms with van der Waals surface area (Å²) >= 11 is 1.56. The number of rotatable bonds is 10. The largest absolute Gasteiger partial charge is 0.359 e. The summed E-state index contributed by atoms with van der Waals surface area (Å²) < 4.78 is 6.00. The highest BCUT2D eigenvalue weighted by molar-refractivity contribution is 7.99. The zero-order chi connectivity index (χ0) is 31.2. The lowest BCUT2D eigenvalue weighted by Gasteiger charge is -2.10. The maximum atomic E-state index is 13.4. The molecule has 44 heavy (non-hydrogen) atoms. The van der Waals surface area contributed by atoms with Gasteiger partial charge in [0.05, 0.1) is 0 Å². The quantitative estimate of drug-likeness (QED) is 0.0344. The maximum absolute atomic E-state index is 13.4. The highest BCUT2D eigenvalue weighted by Gasteiger charge is 2.41. The van der Waals surface area contributed by atoms with Crippen molar-refractivity contribution in [2.75, 3.05) is 0 Å². The van der Waals surface area contributed by atoms with Gasteiger partial charge in [-0.3, -0.25) is 4.79 Å². The first-order valence-electron chi connectivity index (χ1n) is 13.8. The van der Waals surface area contributed by atoms with Gasteiger partial charge in [-0.2, -0.15) is 0 Å². The van der Waals surface area contributed by atoms with Crippen LogP contribution in [0.5, 0.6) is 0 Å². The van der Waals surface area contributed by atoms with Gasteiger partial charge in [-0.25, -0.2) is 4.79 Å². The number of Topliss-reactive ketones (excluding diaryl/α,β-unsaturated/α-hetero) is 1. The monoisotopic (exact) mass is 600 g/mol. The molecular formula is C36H28N2O5S. The summed E-state index contributed by atoms with van der Waals surface area (Å²) in [6.07, 6.45) is 9.63. The van der Waals surface area contributed by atoms with E-state index in [1.807, 2.05) is 55.5 Å². The lowest BCUT2D eigenvalue weighted by atomic mass is 9.97. The van der Waals surface area contributed by atoms with E-state index in [1.54, 1.807) is 36.9 Å². The number of ether oxygens (including phenoxy) is 1. The Morgan fingerprint density at radius 3 is 2.23 bits per heavy atom. The summed E-state index contributed by atoms with van der Waals surface area (Å²) in [5, 5.41) is 6.76. The molecule has 1 aliphatic rings. The van der Waals surface area contributed by atoms with Crippen LogP contribution in [0.1, 0.15) is 69.8 Å². The lowest BCUT2D eigenvalue weighted by molar-refractivity contribution is -0.140. The van der Waals surface area contributed by atoms with Crippen molar-refractivity contribution in [2.24, 2.45) is 10.3 Å². The molecular weight excluding hydrogens is 572 g/mol. The molecule has 0 saturated carbocycles. The minimum absolute atomic E-state index is 0.0213. The standard InChI is InChI=1S/C36H28N2O5S/c1-5-7-25-9-10-28(20-24(25)6-2)36-35(42-36)27-13-18-31(19-14-27)44-30-16-11-26(12-17-30)34(40)33(38-43-23(4)39)32-21-29(37-41)15-8-22(32)3/h2,5,7-21,35-36H,1,3-4H3/b7-5-,38-33-. The fourth-order valence-corrected chi connectivity index (χ4v) is 5.55. The van der Waals surface area contributed by atoms with Gasteiger partial charge in [0.25, 0.3) is 0 Å². The van der Waals surface area contributed by atoms with Crippen LogP contribution in [0.4, 0.5) is 5.69 Å². The molecule has 0 spiro atoms. The second-order valence-corrected chi connectivity index (χ2v) is 11.3. The van der Waals surface area contributed by atoms with E-state index in [0.717, 1.165) is 32.0 Å². The third kappa shape index (κ3) is 6.92. The van der Waals surface area contributed by atoms with Gasteiger partial charge in [0.2, 0.25) is 5.78 Å². The van der Waals surface area contributed by atoms with Gasteiger partial charge >= 0.3 is 5.97 Å².